The molecule has 3 nitrogen and oxygen atoms in total. The van der Waals surface area contributed by atoms with Crippen LogP contribution < -0.4 is 0 Å². The molecule has 8 aromatic carbocycles. The first-order valence-corrected chi connectivity index (χ1v) is 18.7. The molecule has 0 fully saturated rings. The van der Waals surface area contributed by atoms with Gasteiger partial charge in [0.15, 0.2) is 5.82 Å². The molecule has 0 spiro atoms. The zero-order valence-corrected chi connectivity index (χ0v) is 30.0. The van der Waals surface area contributed by atoms with E-state index in [0.717, 1.165) is 56.0 Å². The van der Waals surface area contributed by atoms with Crippen LogP contribution in [0.5, 0.6) is 0 Å². The zero-order chi connectivity index (χ0) is 36.6. The van der Waals surface area contributed by atoms with Crippen LogP contribution in [0.25, 0.3) is 94.8 Å². The highest BCUT2D eigenvalue weighted by Gasteiger charge is 2.15. The van der Waals surface area contributed by atoms with Crippen molar-refractivity contribution in [2.45, 2.75) is 0 Å². The van der Waals surface area contributed by atoms with E-state index in [4.69, 9.17) is 9.97 Å². The van der Waals surface area contributed by atoms with Crippen LogP contribution in [0.4, 0.5) is 0 Å². The van der Waals surface area contributed by atoms with Crippen molar-refractivity contribution in [2.75, 3.05) is 0 Å². The topological polar surface area (TPSA) is 30.7 Å². The number of hydrogen-bond donors (Lipinski definition) is 0. The Morgan fingerprint density at radius 3 is 1.13 bits per heavy atom. The third-order valence-corrected chi connectivity index (χ3v) is 10.4. The Hall–Kier alpha value is -7.36. The average Bonchev–Trinajstić information content (AvgIpc) is 3.61. The van der Waals surface area contributed by atoms with Crippen LogP contribution in [0.1, 0.15) is 0 Å². The lowest BCUT2D eigenvalue weighted by Gasteiger charge is -2.13. The molecule has 0 bridgehead atoms. The van der Waals surface area contributed by atoms with Crippen LogP contribution in [0.15, 0.2) is 212 Å². The van der Waals surface area contributed by atoms with Gasteiger partial charge < -0.3 is 4.57 Å². The van der Waals surface area contributed by atoms with Gasteiger partial charge in [-0.25, -0.2) is 9.97 Å². The minimum atomic E-state index is 0.694. The summed E-state index contributed by atoms with van der Waals surface area (Å²) in [6.07, 6.45) is 0. The summed E-state index contributed by atoms with van der Waals surface area (Å²) in [6, 6.07) is 75.1. The third kappa shape index (κ3) is 6.18. The summed E-state index contributed by atoms with van der Waals surface area (Å²) in [5.41, 5.74) is 15.3. The molecule has 0 aliphatic carbocycles. The molecule has 0 N–H and O–H groups in total. The highest BCUT2D eigenvalue weighted by molar-refractivity contribution is 6.09. The monoisotopic (exact) mass is 701 g/mol. The van der Waals surface area contributed by atoms with E-state index in [2.05, 4.69) is 205 Å². The van der Waals surface area contributed by atoms with E-state index >= 15 is 0 Å². The van der Waals surface area contributed by atoms with Gasteiger partial charge in [-0.2, -0.15) is 0 Å². The van der Waals surface area contributed by atoms with Crippen LogP contribution in [0, 0.1) is 0 Å². The van der Waals surface area contributed by atoms with Gasteiger partial charge in [0.2, 0.25) is 0 Å². The fourth-order valence-electron chi connectivity index (χ4n) is 7.67. The molecule has 2 aromatic heterocycles. The smallest absolute Gasteiger partial charge is 0.160 e. The molecule has 0 amide bonds. The molecule has 10 aromatic rings. The van der Waals surface area contributed by atoms with Gasteiger partial charge in [0.05, 0.1) is 22.4 Å². The number of aromatic nitrogens is 3. The second kappa shape index (κ2) is 13.9. The number of rotatable bonds is 7. The van der Waals surface area contributed by atoms with E-state index in [0.29, 0.717) is 5.82 Å². The first kappa shape index (κ1) is 32.3. The maximum atomic E-state index is 5.17. The number of para-hydroxylation sites is 2. The Kier molecular flexibility index (Phi) is 8.16. The molecular weight excluding hydrogens is 667 g/mol. The van der Waals surface area contributed by atoms with Crippen molar-refractivity contribution in [1.82, 2.24) is 14.5 Å². The fourth-order valence-corrected chi connectivity index (χ4v) is 7.67. The van der Waals surface area contributed by atoms with E-state index in [1.54, 1.807) is 0 Å². The minimum absolute atomic E-state index is 0.694. The van der Waals surface area contributed by atoms with Gasteiger partial charge in [-0.3, -0.25) is 0 Å². The van der Waals surface area contributed by atoms with Gasteiger partial charge >= 0.3 is 0 Å². The van der Waals surface area contributed by atoms with Crippen molar-refractivity contribution in [3.8, 4) is 73.0 Å². The Morgan fingerprint density at radius 2 is 0.636 bits per heavy atom. The SMILES string of the molecule is c1ccc(-c2cc(-c3ccc(-c4ccc(-n5c6ccccc6c6ccccc65)cc4)cc3)cc(-c3nc(-c4ccccc4)cc(-c4ccccc4)n3)c2)cc1. The summed E-state index contributed by atoms with van der Waals surface area (Å²) in [4.78, 5) is 10.3. The first-order chi connectivity index (χ1) is 27.2. The highest BCUT2D eigenvalue weighted by Crippen LogP contribution is 2.36. The van der Waals surface area contributed by atoms with Crippen molar-refractivity contribution in [3.63, 3.8) is 0 Å². The molecule has 0 saturated heterocycles. The molecule has 0 saturated carbocycles. The fraction of sp³-hybridized carbons (Fsp3) is 0. The molecule has 2 heterocycles. The summed E-state index contributed by atoms with van der Waals surface area (Å²) in [5, 5.41) is 2.54. The predicted molar refractivity (Wildman–Crippen MR) is 229 cm³/mol. The number of nitrogens with zero attached hydrogens (tertiary/aromatic N) is 3. The van der Waals surface area contributed by atoms with Crippen LogP contribution >= 0.6 is 0 Å². The summed E-state index contributed by atoms with van der Waals surface area (Å²) >= 11 is 0. The number of benzene rings is 8. The quantitative estimate of drug-likeness (QED) is 0.166. The molecule has 0 aliphatic rings. The van der Waals surface area contributed by atoms with Crippen molar-refractivity contribution in [2.24, 2.45) is 0 Å². The molecule has 55 heavy (non-hydrogen) atoms. The van der Waals surface area contributed by atoms with E-state index in [9.17, 15) is 0 Å². The van der Waals surface area contributed by atoms with Gasteiger partial charge in [0, 0.05) is 33.2 Å². The van der Waals surface area contributed by atoms with Gasteiger partial charge in [-0.05, 0) is 81.9 Å². The van der Waals surface area contributed by atoms with Crippen LogP contribution in [0.2, 0.25) is 0 Å². The van der Waals surface area contributed by atoms with Gasteiger partial charge in [-0.15, -0.1) is 0 Å². The maximum Gasteiger partial charge on any atom is 0.160 e. The van der Waals surface area contributed by atoms with Crippen molar-refractivity contribution in [3.05, 3.63) is 212 Å². The lowest BCUT2D eigenvalue weighted by molar-refractivity contribution is 1.18. The Morgan fingerprint density at radius 1 is 0.273 bits per heavy atom. The lowest BCUT2D eigenvalue weighted by Crippen LogP contribution is -1.97. The zero-order valence-electron chi connectivity index (χ0n) is 30.0. The summed E-state index contributed by atoms with van der Waals surface area (Å²) < 4.78 is 2.36. The summed E-state index contributed by atoms with van der Waals surface area (Å²) in [5.74, 6) is 0.694. The predicted octanol–water partition coefficient (Wildman–Crippen LogP) is 13.6. The molecule has 0 radical (unpaired) electrons. The molecule has 0 atom stereocenters. The van der Waals surface area contributed by atoms with E-state index in [-0.39, 0.29) is 0 Å². The second-order valence-corrected chi connectivity index (χ2v) is 13.9. The maximum absolute atomic E-state index is 5.17. The van der Waals surface area contributed by atoms with Crippen LogP contribution in [-0.2, 0) is 0 Å². The molecule has 0 aliphatic heterocycles. The van der Waals surface area contributed by atoms with Crippen molar-refractivity contribution < 1.29 is 0 Å². The molecule has 258 valence electrons. The highest BCUT2D eigenvalue weighted by atomic mass is 15.0. The van der Waals surface area contributed by atoms with Gasteiger partial charge in [0.25, 0.3) is 0 Å². The summed E-state index contributed by atoms with van der Waals surface area (Å²) in [6.45, 7) is 0. The Labute approximate surface area is 320 Å². The minimum Gasteiger partial charge on any atom is -0.309 e. The number of fused-ring (bicyclic) bond motifs is 3. The third-order valence-electron chi connectivity index (χ3n) is 10.4. The normalized spacial score (nSPS) is 11.3. The molecule has 3 heteroatoms. The summed E-state index contributed by atoms with van der Waals surface area (Å²) in [7, 11) is 0. The first-order valence-electron chi connectivity index (χ1n) is 18.7. The molecule has 10 rings (SSSR count). The van der Waals surface area contributed by atoms with E-state index in [1.165, 1.54) is 32.9 Å². The standard InChI is InChI=1S/C52H35N3/c1-4-14-36(15-5-1)42-32-43(34-44(33-42)52-53-48(40-16-6-2-7-17-40)35-49(54-52)41-18-8-3-9-19-41)39-26-24-37(25-27-39)38-28-30-45(31-29-38)55-50-22-12-10-20-46(50)47-21-11-13-23-51(47)55/h1-35H. The molecule has 0 unspecified atom stereocenters. The lowest BCUT2D eigenvalue weighted by atomic mass is 9.94. The second-order valence-electron chi connectivity index (χ2n) is 13.9. The van der Waals surface area contributed by atoms with Gasteiger partial charge in [0.1, 0.15) is 0 Å². The Balaban J connectivity index is 1.04. The Bertz CT molecular complexity index is 2820. The largest absolute Gasteiger partial charge is 0.309 e. The number of hydrogen-bond acceptors (Lipinski definition) is 2. The van der Waals surface area contributed by atoms with Crippen LogP contribution in [-0.4, -0.2) is 14.5 Å². The van der Waals surface area contributed by atoms with E-state index in [1.807, 2.05) is 12.1 Å². The van der Waals surface area contributed by atoms with Gasteiger partial charge in [-0.1, -0.05) is 164 Å². The van der Waals surface area contributed by atoms with E-state index < -0.39 is 0 Å². The molecular formula is C52H35N3. The van der Waals surface area contributed by atoms with Crippen molar-refractivity contribution >= 4 is 21.8 Å². The average molecular weight is 702 g/mol. The van der Waals surface area contributed by atoms with Crippen LogP contribution in [0.3, 0.4) is 0 Å². The van der Waals surface area contributed by atoms with Crippen molar-refractivity contribution in [1.29, 1.82) is 0 Å².